The molecule has 2 aromatic carbocycles. The highest BCUT2D eigenvalue weighted by molar-refractivity contribution is 7.98. The first-order chi connectivity index (χ1) is 13.0. The molecule has 27 heavy (non-hydrogen) atoms. The standard InChI is InChI=1S/C20H18FNO4S/c1-27-10-9-17(20(25)26-12-13-5-4-6-14(21)11-13)22-18(23)15-7-2-3-8-16(15)19(22)24/h2-8,11,17H,9-10,12H2,1H3/t17-/m1/s1. The normalized spacial score (nSPS) is 14.2. The first kappa shape index (κ1) is 19.1. The number of hydrogen-bond donors (Lipinski definition) is 0. The lowest BCUT2D eigenvalue weighted by atomic mass is 10.1. The van der Waals surface area contributed by atoms with Crippen LogP contribution in [-0.2, 0) is 16.1 Å². The highest BCUT2D eigenvalue weighted by Crippen LogP contribution is 2.26. The third-order valence-corrected chi connectivity index (χ3v) is 4.92. The molecule has 2 aromatic rings. The number of hydrogen-bond acceptors (Lipinski definition) is 5. The summed E-state index contributed by atoms with van der Waals surface area (Å²) < 4.78 is 18.6. The molecular weight excluding hydrogens is 369 g/mol. The molecule has 3 rings (SSSR count). The van der Waals surface area contributed by atoms with E-state index in [2.05, 4.69) is 0 Å². The Balaban J connectivity index is 1.78. The SMILES string of the molecule is CSCC[C@H](C(=O)OCc1cccc(F)c1)N1C(=O)c2ccccc2C1=O. The lowest BCUT2D eigenvalue weighted by molar-refractivity contribution is -0.149. The largest absolute Gasteiger partial charge is 0.459 e. The maximum Gasteiger partial charge on any atom is 0.329 e. The molecule has 0 aliphatic carbocycles. The number of carbonyl (C=O) groups is 3. The maximum absolute atomic E-state index is 13.3. The number of fused-ring (bicyclic) bond motifs is 1. The smallest absolute Gasteiger partial charge is 0.329 e. The van der Waals surface area contributed by atoms with Crippen molar-refractivity contribution in [2.24, 2.45) is 0 Å². The number of carbonyl (C=O) groups excluding carboxylic acids is 3. The molecular formula is C20H18FNO4S. The molecule has 0 spiro atoms. The molecule has 0 fully saturated rings. The van der Waals surface area contributed by atoms with Gasteiger partial charge in [-0.1, -0.05) is 24.3 Å². The van der Waals surface area contributed by atoms with Crippen LogP contribution in [0.4, 0.5) is 4.39 Å². The van der Waals surface area contributed by atoms with Gasteiger partial charge in [-0.15, -0.1) is 0 Å². The lowest BCUT2D eigenvalue weighted by Crippen LogP contribution is -2.46. The monoisotopic (exact) mass is 387 g/mol. The number of esters is 1. The van der Waals surface area contributed by atoms with Crippen LogP contribution >= 0.6 is 11.8 Å². The van der Waals surface area contributed by atoms with Crippen molar-refractivity contribution in [1.29, 1.82) is 0 Å². The summed E-state index contributed by atoms with van der Waals surface area (Å²) in [4.78, 5) is 39.0. The Morgan fingerprint density at radius 3 is 2.37 bits per heavy atom. The fourth-order valence-corrected chi connectivity index (χ4v) is 3.41. The van der Waals surface area contributed by atoms with Gasteiger partial charge in [0.25, 0.3) is 11.8 Å². The zero-order valence-corrected chi connectivity index (χ0v) is 15.5. The van der Waals surface area contributed by atoms with Crippen LogP contribution in [0.5, 0.6) is 0 Å². The van der Waals surface area contributed by atoms with Crippen LogP contribution in [0.2, 0.25) is 0 Å². The molecule has 140 valence electrons. The summed E-state index contributed by atoms with van der Waals surface area (Å²) in [6.45, 7) is -0.129. The number of thioether (sulfide) groups is 1. The van der Waals surface area contributed by atoms with Crippen molar-refractivity contribution in [2.75, 3.05) is 12.0 Å². The summed E-state index contributed by atoms with van der Waals surface area (Å²) in [5, 5.41) is 0. The minimum atomic E-state index is -1.02. The molecule has 0 saturated heterocycles. The molecule has 1 heterocycles. The van der Waals surface area contributed by atoms with E-state index < -0.39 is 29.6 Å². The van der Waals surface area contributed by atoms with E-state index in [1.165, 1.54) is 30.0 Å². The van der Waals surface area contributed by atoms with Crippen LogP contribution in [0.3, 0.4) is 0 Å². The van der Waals surface area contributed by atoms with Gasteiger partial charge in [0.05, 0.1) is 11.1 Å². The van der Waals surface area contributed by atoms with E-state index in [0.29, 0.717) is 11.3 Å². The van der Waals surface area contributed by atoms with Gasteiger partial charge in [-0.2, -0.15) is 11.8 Å². The van der Waals surface area contributed by atoms with E-state index in [-0.39, 0.29) is 24.2 Å². The minimum absolute atomic E-state index is 0.129. The number of benzene rings is 2. The summed E-state index contributed by atoms with van der Waals surface area (Å²) in [6, 6.07) is 11.2. The van der Waals surface area contributed by atoms with E-state index in [4.69, 9.17) is 4.74 Å². The van der Waals surface area contributed by atoms with E-state index in [1.807, 2.05) is 6.26 Å². The molecule has 0 radical (unpaired) electrons. The van der Waals surface area contributed by atoms with Gasteiger partial charge < -0.3 is 4.74 Å². The Labute approximate surface area is 160 Å². The Kier molecular flexibility index (Phi) is 5.91. The Morgan fingerprint density at radius 2 is 1.78 bits per heavy atom. The summed E-state index contributed by atoms with van der Waals surface area (Å²) in [7, 11) is 0. The number of halogens is 1. The summed E-state index contributed by atoms with van der Waals surface area (Å²) in [6.07, 6.45) is 2.16. The van der Waals surface area contributed by atoms with Crippen LogP contribution < -0.4 is 0 Å². The zero-order valence-electron chi connectivity index (χ0n) is 14.7. The second-order valence-corrected chi connectivity index (χ2v) is 7.05. The van der Waals surface area contributed by atoms with E-state index in [9.17, 15) is 18.8 Å². The predicted octanol–water partition coefficient (Wildman–Crippen LogP) is 3.29. The second kappa shape index (κ2) is 8.35. The van der Waals surface area contributed by atoms with Gasteiger partial charge in [0.15, 0.2) is 0 Å². The van der Waals surface area contributed by atoms with Crippen LogP contribution in [0.1, 0.15) is 32.7 Å². The maximum atomic E-state index is 13.3. The fraction of sp³-hybridized carbons (Fsp3) is 0.250. The Bertz CT molecular complexity index is 851. The highest BCUT2D eigenvalue weighted by atomic mass is 32.2. The van der Waals surface area contributed by atoms with Crippen molar-refractivity contribution in [2.45, 2.75) is 19.1 Å². The first-order valence-electron chi connectivity index (χ1n) is 8.40. The van der Waals surface area contributed by atoms with Crippen molar-refractivity contribution < 1.29 is 23.5 Å². The number of amides is 2. The summed E-state index contributed by atoms with van der Waals surface area (Å²) >= 11 is 1.50. The van der Waals surface area contributed by atoms with Crippen LogP contribution in [-0.4, -0.2) is 40.7 Å². The molecule has 0 saturated carbocycles. The second-order valence-electron chi connectivity index (χ2n) is 6.06. The lowest BCUT2D eigenvalue weighted by Gasteiger charge is -2.24. The molecule has 1 aliphatic rings. The number of nitrogens with zero attached hydrogens (tertiary/aromatic N) is 1. The van der Waals surface area contributed by atoms with E-state index in [1.54, 1.807) is 30.3 Å². The van der Waals surface area contributed by atoms with Gasteiger partial charge >= 0.3 is 5.97 Å². The molecule has 2 amide bonds. The quantitative estimate of drug-likeness (QED) is 0.539. The molecule has 0 N–H and O–H groups in total. The molecule has 0 bridgehead atoms. The van der Waals surface area contributed by atoms with Gasteiger partial charge in [0, 0.05) is 0 Å². The van der Waals surface area contributed by atoms with Crippen LogP contribution in [0, 0.1) is 5.82 Å². The predicted molar refractivity (Wildman–Crippen MR) is 99.9 cm³/mol. The number of rotatable bonds is 7. The molecule has 1 aliphatic heterocycles. The van der Waals surface area contributed by atoms with Gasteiger partial charge in [-0.05, 0) is 48.3 Å². The van der Waals surface area contributed by atoms with Crippen LogP contribution in [0.25, 0.3) is 0 Å². The van der Waals surface area contributed by atoms with Crippen molar-refractivity contribution in [3.63, 3.8) is 0 Å². The van der Waals surface area contributed by atoms with Crippen LogP contribution in [0.15, 0.2) is 48.5 Å². The summed E-state index contributed by atoms with van der Waals surface area (Å²) in [5.41, 5.74) is 1.07. The van der Waals surface area contributed by atoms with Crippen molar-refractivity contribution in [3.8, 4) is 0 Å². The number of imide groups is 1. The third-order valence-electron chi connectivity index (χ3n) is 4.27. The molecule has 0 unspecified atom stereocenters. The Hall–Kier alpha value is -2.67. The first-order valence-corrected chi connectivity index (χ1v) is 9.79. The number of ether oxygens (including phenoxy) is 1. The Morgan fingerprint density at radius 1 is 1.11 bits per heavy atom. The van der Waals surface area contributed by atoms with E-state index >= 15 is 0 Å². The average Bonchev–Trinajstić information content (AvgIpc) is 2.92. The third kappa shape index (κ3) is 4.03. The summed E-state index contributed by atoms with van der Waals surface area (Å²) in [5.74, 6) is -1.52. The fourth-order valence-electron chi connectivity index (χ4n) is 2.95. The minimum Gasteiger partial charge on any atom is -0.459 e. The van der Waals surface area contributed by atoms with E-state index in [0.717, 1.165) is 4.90 Å². The van der Waals surface area contributed by atoms with Gasteiger partial charge in [-0.3, -0.25) is 14.5 Å². The van der Waals surface area contributed by atoms with Gasteiger partial charge in [0.2, 0.25) is 0 Å². The average molecular weight is 387 g/mol. The molecule has 1 atom stereocenters. The molecule has 7 heteroatoms. The van der Waals surface area contributed by atoms with Gasteiger partial charge in [-0.25, -0.2) is 9.18 Å². The topological polar surface area (TPSA) is 63.7 Å². The highest BCUT2D eigenvalue weighted by Gasteiger charge is 2.43. The zero-order chi connectivity index (χ0) is 19.4. The van der Waals surface area contributed by atoms with Crippen molar-refractivity contribution in [1.82, 2.24) is 4.90 Å². The molecule has 0 aromatic heterocycles. The van der Waals surface area contributed by atoms with Gasteiger partial charge in [0.1, 0.15) is 18.5 Å². The van der Waals surface area contributed by atoms with Crippen molar-refractivity contribution >= 4 is 29.5 Å². The molecule has 5 nitrogen and oxygen atoms in total. The van der Waals surface area contributed by atoms with Crippen molar-refractivity contribution in [3.05, 3.63) is 71.0 Å².